The average Bonchev–Trinajstić information content (AvgIpc) is 2.57. The van der Waals surface area contributed by atoms with Crippen molar-refractivity contribution in [2.45, 2.75) is 20.8 Å². The van der Waals surface area contributed by atoms with Crippen LogP contribution in [0.25, 0.3) is 0 Å². The van der Waals surface area contributed by atoms with E-state index in [9.17, 15) is 9.59 Å². The van der Waals surface area contributed by atoms with E-state index in [0.29, 0.717) is 17.3 Å². The standard InChI is InChI=1S/C18H20N2O4/c1-5-23-18(22)17(21)20(4)14-7-8-15(13(3)10-14)24-16-9-6-12(2)11-19-16/h6-11H,5H2,1-4H3. The third kappa shape index (κ3) is 4.10. The van der Waals surface area contributed by atoms with Crippen LogP contribution in [0.15, 0.2) is 36.5 Å². The molecule has 0 radical (unpaired) electrons. The maximum Gasteiger partial charge on any atom is 0.397 e. The van der Waals surface area contributed by atoms with Gasteiger partial charge in [-0.1, -0.05) is 6.07 Å². The number of anilines is 1. The minimum absolute atomic E-state index is 0.160. The highest BCUT2D eigenvalue weighted by Gasteiger charge is 2.21. The van der Waals surface area contributed by atoms with Crippen molar-refractivity contribution >= 4 is 17.6 Å². The summed E-state index contributed by atoms with van der Waals surface area (Å²) in [6.07, 6.45) is 1.73. The van der Waals surface area contributed by atoms with Gasteiger partial charge in [0.15, 0.2) is 0 Å². The van der Waals surface area contributed by atoms with E-state index < -0.39 is 11.9 Å². The van der Waals surface area contributed by atoms with Crippen molar-refractivity contribution < 1.29 is 19.1 Å². The number of rotatable bonds is 4. The summed E-state index contributed by atoms with van der Waals surface area (Å²) in [6.45, 7) is 5.62. The van der Waals surface area contributed by atoms with Gasteiger partial charge in [0.2, 0.25) is 5.88 Å². The molecule has 2 aromatic rings. The zero-order chi connectivity index (χ0) is 17.7. The van der Waals surface area contributed by atoms with Crippen LogP contribution < -0.4 is 9.64 Å². The van der Waals surface area contributed by atoms with E-state index in [0.717, 1.165) is 11.1 Å². The number of hydrogen-bond acceptors (Lipinski definition) is 5. The molecular weight excluding hydrogens is 308 g/mol. The molecule has 0 aliphatic rings. The van der Waals surface area contributed by atoms with Crippen LogP contribution in [0.5, 0.6) is 11.6 Å². The summed E-state index contributed by atoms with van der Waals surface area (Å²) in [5.74, 6) is -0.466. The molecule has 0 atom stereocenters. The van der Waals surface area contributed by atoms with Gasteiger partial charge in [-0.2, -0.15) is 0 Å². The van der Waals surface area contributed by atoms with Gasteiger partial charge in [-0.15, -0.1) is 0 Å². The van der Waals surface area contributed by atoms with Gasteiger partial charge < -0.3 is 14.4 Å². The van der Waals surface area contributed by atoms with E-state index >= 15 is 0 Å². The molecule has 1 amide bonds. The fourth-order valence-corrected chi connectivity index (χ4v) is 2.03. The molecule has 0 spiro atoms. The van der Waals surface area contributed by atoms with Gasteiger partial charge in [0.1, 0.15) is 5.75 Å². The van der Waals surface area contributed by atoms with Gasteiger partial charge in [0.05, 0.1) is 6.61 Å². The van der Waals surface area contributed by atoms with Crippen molar-refractivity contribution in [2.75, 3.05) is 18.6 Å². The molecule has 1 aromatic heterocycles. The highest BCUT2D eigenvalue weighted by atomic mass is 16.5. The number of carbonyl (C=O) groups is 2. The molecule has 0 bridgehead atoms. The minimum atomic E-state index is -0.873. The Morgan fingerprint density at radius 2 is 1.92 bits per heavy atom. The number of pyridine rings is 1. The molecule has 2 rings (SSSR count). The second-order valence-electron chi connectivity index (χ2n) is 5.31. The van der Waals surface area contributed by atoms with Crippen LogP contribution in [0.4, 0.5) is 5.69 Å². The Bertz CT molecular complexity index is 741. The third-order valence-electron chi connectivity index (χ3n) is 3.40. The van der Waals surface area contributed by atoms with E-state index in [1.807, 2.05) is 19.9 Å². The van der Waals surface area contributed by atoms with Crippen LogP contribution in [-0.2, 0) is 14.3 Å². The zero-order valence-corrected chi connectivity index (χ0v) is 14.2. The Kier molecular flexibility index (Phi) is 5.52. The first-order chi connectivity index (χ1) is 11.4. The number of ether oxygens (including phenoxy) is 2. The summed E-state index contributed by atoms with van der Waals surface area (Å²) in [4.78, 5) is 28.9. The summed E-state index contributed by atoms with van der Waals surface area (Å²) in [6, 6.07) is 8.91. The Labute approximate surface area is 141 Å². The lowest BCUT2D eigenvalue weighted by Gasteiger charge is -2.17. The summed E-state index contributed by atoms with van der Waals surface area (Å²) in [7, 11) is 1.52. The molecule has 6 heteroatoms. The molecule has 0 saturated heterocycles. The number of carbonyl (C=O) groups excluding carboxylic acids is 2. The van der Waals surface area contributed by atoms with E-state index in [2.05, 4.69) is 4.98 Å². The minimum Gasteiger partial charge on any atom is -0.459 e. The number of benzene rings is 1. The SMILES string of the molecule is CCOC(=O)C(=O)N(C)c1ccc(Oc2ccc(C)cn2)c(C)c1. The summed E-state index contributed by atoms with van der Waals surface area (Å²) >= 11 is 0. The first-order valence-corrected chi connectivity index (χ1v) is 7.58. The first-order valence-electron chi connectivity index (χ1n) is 7.58. The third-order valence-corrected chi connectivity index (χ3v) is 3.40. The zero-order valence-electron chi connectivity index (χ0n) is 14.2. The maximum absolute atomic E-state index is 12.0. The molecule has 126 valence electrons. The molecule has 24 heavy (non-hydrogen) atoms. The highest BCUT2D eigenvalue weighted by Crippen LogP contribution is 2.27. The summed E-state index contributed by atoms with van der Waals surface area (Å²) in [5, 5.41) is 0. The summed E-state index contributed by atoms with van der Waals surface area (Å²) < 4.78 is 10.5. The van der Waals surface area contributed by atoms with Gasteiger partial charge >= 0.3 is 11.9 Å². The van der Waals surface area contributed by atoms with Crippen molar-refractivity contribution in [3.05, 3.63) is 47.7 Å². The Morgan fingerprint density at radius 3 is 2.50 bits per heavy atom. The molecule has 1 heterocycles. The normalized spacial score (nSPS) is 10.2. The van der Waals surface area contributed by atoms with Crippen molar-refractivity contribution in [1.29, 1.82) is 0 Å². The van der Waals surface area contributed by atoms with E-state index in [1.54, 1.807) is 37.4 Å². The van der Waals surface area contributed by atoms with Crippen molar-refractivity contribution in [3.63, 3.8) is 0 Å². The number of aryl methyl sites for hydroxylation is 2. The van der Waals surface area contributed by atoms with E-state index in [1.165, 1.54) is 11.9 Å². The van der Waals surface area contributed by atoms with Crippen molar-refractivity contribution in [2.24, 2.45) is 0 Å². The maximum atomic E-state index is 12.0. The topological polar surface area (TPSA) is 68.7 Å². The largest absolute Gasteiger partial charge is 0.459 e. The van der Waals surface area contributed by atoms with Crippen LogP contribution in [-0.4, -0.2) is 30.5 Å². The highest BCUT2D eigenvalue weighted by molar-refractivity contribution is 6.37. The molecule has 0 N–H and O–H groups in total. The molecule has 0 saturated carbocycles. The van der Waals surface area contributed by atoms with Crippen LogP contribution in [0.3, 0.4) is 0 Å². The van der Waals surface area contributed by atoms with E-state index in [4.69, 9.17) is 9.47 Å². The monoisotopic (exact) mass is 328 g/mol. The van der Waals surface area contributed by atoms with Crippen LogP contribution in [0.1, 0.15) is 18.1 Å². The van der Waals surface area contributed by atoms with Gasteiger partial charge in [0.25, 0.3) is 0 Å². The van der Waals surface area contributed by atoms with Crippen LogP contribution >= 0.6 is 0 Å². The Balaban J connectivity index is 2.15. The fourth-order valence-electron chi connectivity index (χ4n) is 2.03. The number of esters is 1. The number of amides is 1. The lowest BCUT2D eigenvalue weighted by Crippen LogP contribution is -2.34. The predicted molar refractivity (Wildman–Crippen MR) is 90.3 cm³/mol. The lowest BCUT2D eigenvalue weighted by atomic mass is 10.2. The molecular formula is C18H20N2O4. The van der Waals surface area contributed by atoms with Crippen LogP contribution in [0.2, 0.25) is 0 Å². The number of likely N-dealkylation sites (N-methyl/N-ethyl adjacent to an activating group) is 1. The molecule has 6 nitrogen and oxygen atoms in total. The second kappa shape index (κ2) is 7.59. The van der Waals surface area contributed by atoms with Crippen LogP contribution in [0, 0.1) is 13.8 Å². The predicted octanol–water partition coefficient (Wildman–Crippen LogP) is 3.02. The quantitative estimate of drug-likeness (QED) is 0.637. The molecule has 0 aliphatic heterocycles. The van der Waals surface area contributed by atoms with Gasteiger partial charge in [0, 0.05) is 25.0 Å². The fraction of sp³-hybridized carbons (Fsp3) is 0.278. The second-order valence-corrected chi connectivity index (χ2v) is 5.31. The number of hydrogen-bond donors (Lipinski definition) is 0. The van der Waals surface area contributed by atoms with Gasteiger partial charge in [-0.05, 0) is 50.1 Å². The van der Waals surface area contributed by atoms with Crippen molar-refractivity contribution in [1.82, 2.24) is 4.98 Å². The molecule has 0 aliphatic carbocycles. The smallest absolute Gasteiger partial charge is 0.397 e. The average molecular weight is 328 g/mol. The molecule has 1 aromatic carbocycles. The molecule has 0 fully saturated rings. The van der Waals surface area contributed by atoms with Crippen molar-refractivity contribution in [3.8, 4) is 11.6 Å². The van der Waals surface area contributed by atoms with Gasteiger partial charge in [-0.25, -0.2) is 9.78 Å². The number of nitrogens with zero attached hydrogens (tertiary/aromatic N) is 2. The lowest BCUT2D eigenvalue weighted by molar-refractivity contribution is -0.153. The summed E-state index contributed by atoms with van der Waals surface area (Å²) in [5.41, 5.74) is 2.45. The van der Waals surface area contributed by atoms with E-state index in [-0.39, 0.29) is 6.61 Å². The Hall–Kier alpha value is -2.89. The number of aromatic nitrogens is 1. The molecule has 0 unspecified atom stereocenters. The Morgan fingerprint density at radius 1 is 1.17 bits per heavy atom. The van der Waals surface area contributed by atoms with Gasteiger partial charge in [-0.3, -0.25) is 4.79 Å². The first kappa shape index (κ1) is 17.5.